The SMILES string of the molecule is Cc1cc([C@@H](C)Nc2ccccc2C(=O)O)c2nc(-c3ccc(CN4CCN(C(=O)C5CC5)CC4)c(F)c3)cc(=O)n2c1. The largest absolute Gasteiger partial charge is 0.478 e. The van der Waals surface area contributed by atoms with Crippen LogP contribution in [0.15, 0.2) is 65.6 Å². The summed E-state index contributed by atoms with van der Waals surface area (Å²) in [5.74, 6) is -0.957. The van der Waals surface area contributed by atoms with Crippen molar-refractivity contribution in [2.75, 3.05) is 31.5 Å². The van der Waals surface area contributed by atoms with Gasteiger partial charge in [-0.1, -0.05) is 24.3 Å². The number of carbonyl (C=O) groups is 2. The summed E-state index contributed by atoms with van der Waals surface area (Å²) in [7, 11) is 0. The third-order valence-electron chi connectivity index (χ3n) is 8.28. The number of hydrogen-bond donors (Lipinski definition) is 2. The lowest BCUT2D eigenvalue weighted by Crippen LogP contribution is -2.48. The molecule has 3 heterocycles. The molecule has 1 saturated carbocycles. The zero-order valence-electron chi connectivity index (χ0n) is 24.2. The minimum atomic E-state index is -1.04. The van der Waals surface area contributed by atoms with E-state index in [0.717, 1.165) is 18.4 Å². The molecule has 1 aliphatic carbocycles. The van der Waals surface area contributed by atoms with Gasteiger partial charge in [0.15, 0.2) is 0 Å². The molecule has 0 bridgehead atoms. The van der Waals surface area contributed by atoms with E-state index in [-0.39, 0.29) is 28.8 Å². The van der Waals surface area contributed by atoms with Crippen LogP contribution in [0.25, 0.3) is 16.9 Å². The Morgan fingerprint density at radius 3 is 2.51 bits per heavy atom. The van der Waals surface area contributed by atoms with Crippen LogP contribution in [0.4, 0.5) is 10.1 Å². The number of amides is 1. The predicted molar refractivity (Wildman–Crippen MR) is 162 cm³/mol. The standard InChI is InChI=1S/C33H34FN5O4/c1-20-15-26(21(2)35-28-6-4-3-5-25(28)33(42)43)31-36-29(17-30(40)39(31)18-20)23-9-10-24(27(34)16-23)19-37-11-13-38(14-12-37)32(41)22-7-8-22/h3-6,9-10,15-18,21-22,35H,7-8,11-14,19H2,1-2H3,(H,42,43)/t21-/m1/s1. The van der Waals surface area contributed by atoms with Gasteiger partial charge in [-0.3, -0.25) is 18.9 Å². The van der Waals surface area contributed by atoms with Gasteiger partial charge in [-0.15, -0.1) is 0 Å². The lowest BCUT2D eigenvalue weighted by atomic mass is 10.0. The van der Waals surface area contributed by atoms with E-state index in [1.807, 2.05) is 24.8 Å². The summed E-state index contributed by atoms with van der Waals surface area (Å²) in [4.78, 5) is 46.2. The number of carboxylic acids is 1. The van der Waals surface area contributed by atoms with Crippen molar-refractivity contribution in [1.82, 2.24) is 19.2 Å². The minimum Gasteiger partial charge on any atom is -0.478 e. The van der Waals surface area contributed by atoms with Crippen molar-refractivity contribution >= 4 is 23.2 Å². The maximum atomic E-state index is 15.4. The van der Waals surface area contributed by atoms with Gasteiger partial charge in [-0.2, -0.15) is 0 Å². The average Bonchev–Trinajstić information content (AvgIpc) is 3.84. The molecule has 1 aliphatic heterocycles. The summed E-state index contributed by atoms with van der Waals surface area (Å²) in [5.41, 5.74) is 3.64. The van der Waals surface area contributed by atoms with Crippen molar-refractivity contribution in [2.45, 2.75) is 39.3 Å². The molecule has 2 aliphatic rings. The average molecular weight is 584 g/mol. The third kappa shape index (κ3) is 6.01. The normalized spacial score (nSPS) is 16.3. The van der Waals surface area contributed by atoms with E-state index in [9.17, 15) is 19.5 Å². The van der Waals surface area contributed by atoms with Crippen molar-refractivity contribution in [3.63, 3.8) is 0 Å². The number of nitrogens with zero attached hydrogens (tertiary/aromatic N) is 4. The second-order valence-corrected chi connectivity index (χ2v) is 11.5. The predicted octanol–water partition coefficient (Wildman–Crippen LogP) is 4.73. The number of halogens is 1. The molecule has 2 aromatic heterocycles. The molecule has 2 fully saturated rings. The van der Waals surface area contributed by atoms with Crippen LogP contribution in [-0.2, 0) is 11.3 Å². The molecule has 2 N–H and O–H groups in total. The van der Waals surface area contributed by atoms with Crippen LogP contribution in [0.3, 0.4) is 0 Å². The molecule has 0 spiro atoms. The van der Waals surface area contributed by atoms with Gasteiger partial charge >= 0.3 is 5.97 Å². The number of fused-ring (bicyclic) bond motifs is 1. The van der Waals surface area contributed by atoms with Crippen LogP contribution in [-0.4, -0.2) is 62.3 Å². The van der Waals surface area contributed by atoms with Gasteiger partial charge in [-0.25, -0.2) is 14.2 Å². The Morgan fingerprint density at radius 1 is 1.07 bits per heavy atom. The molecule has 6 rings (SSSR count). The number of nitrogens with one attached hydrogen (secondary N) is 1. The van der Waals surface area contributed by atoms with Crippen LogP contribution >= 0.6 is 0 Å². The zero-order valence-corrected chi connectivity index (χ0v) is 24.2. The molecule has 1 atom stereocenters. The van der Waals surface area contributed by atoms with E-state index in [0.29, 0.717) is 66.4 Å². The molecule has 2 aromatic carbocycles. The quantitative estimate of drug-likeness (QED) is 0.309. The first-order valence-corrected chi connectivity index (χ1v) is 14.6. The zero-order chi connectivity index (χ0) is 30.2. The molecule has 43 heavy (non-hydrogen) atoms. The van der Waals surface area contributed by atoms with Gasteiger partial charge in [0.25, 0.3) is 5.56 Å². The van der Waals surface area contributed by atoms with E-state index in [1.54, 1.807) is 36.5 Å². The van der Waals surface area contributed by atoms with Crippen LogP contribution < -0.4 is 10.9 Å². The molecular formula is C33H34FN5O4. The Morgan fingerprint density at radius 2 is 1.81 bits per heavy atom. The molecule has 222 valence electrons. The number of carbonyl (C=O) groups excluding carboxylic acids is 1. The van der Waals surface area contributed by atoms with Gasteiger partial charge in [0.2, 0.25) is 5.91 Å². The second kappa shape index (κ2) is 11.6. The fourth-order valence-corrected chi connectivity index (χ4v) is 5.73. The van der Waals surface area contributed by atoms with Gasteiger partial charge in [0, 0.05) is 73.3 Å². The van der Waals surface area contributed by atoms with Gasteiger partial charge in [0.05, 0.1) is 17.3 Å². The second-order valence-electron chi connectivity index (χ2n) is 11.5. The van der Waals surface area contributed by atoms with Crippen LogP contribution in [0.5, 0.6) is 0 Å². The first-order chi connectivity index (χ1) is 20.7. The first kappa shape index (κ1) is 28.5. The Bertz CT molecular complexity index is 1780. The van der Waals surface area contributed by atoms with Gasteiger partial charge in [0.1, 0.15) is 11.5 Å². The molecule has 4 aromatic rings. The van der Waals surface area contributed by atoms with E-state index < -0.39 is 12.0 Å². The number of aromatic carboxylic acids is 1. The van der Waals surface area contributed by atoms with Crippen molar-refractivity contribution in [3.8, 4) is 11.3 Å². The first-order valence-electron chi connectivity index (χ1n) is 14.6. The highest BCUT2D eigenvalue weighted by atomic mass is 19.1. The van der Waals surface area contributed by atoms with E-state index >= 15 is 4.39 Å². The highest BCUT2D eigenvalue weighted by Crippen LogP contribution is 2.31. The number of anilines is 1. The summed E-state index contributed by atoms with van der Waals surface area (Å²) in [6.45, 7) is 6.92. The van der Waals surface area contributed by atoms with Crippen molar-refractivity contribution in [1.29, 1.82) is 0 Å². The third-order valence-corrected chi connectivity index (χ3v) is 8.28. The fraction of sp³-hybridized carbons (Fsp3) is 0.333. The molecule has 0 radical (unpaired) electrons. The maximum absolute atomic E-state index is 15.4. The lowest BCUT2D eigenvalue weighted by Gasteiger charge is -2.35. The van der Waals surface area contributed by atoms with Gasteiger partial charge in [-0.05, 0) is 56.5 Å². The summed E-state index contributed by atoms with van der Waals surface area (Å²) in [5, 5.41) is 12.9. The Labute approximate surface area is 248 Å². The number of hydrogen-bond acceptors (Lipinski definition) is 6. The van der Waals surface area contributed by atoms with E-state index in [1.165, 1.54) is 22.6 Å². The maximum Gasteiger partial charge on any atom is 0.337 e. The highest BCUT2D eigenvalue weighted by molar-refractivity contribution is 5.94. The number of carboxylic acid groups (broad SMARTS) is 1. The Kier molecular flexibility index (Phi) is 7.70. The highest BCUT2D eigenvalue weighted by Gasteiger charge is 2.34. The summed E-state index contributed by atoms with van der Waals surface area (Å²) >= 11 is 0. The molecule has 10 heteroatoms. The summed E-state index contributed by atoms with van der Waals surface area (Å²) < 4.78 is 16.8. The topological polar surface area (TPSA) is 107 Å². The number of piperazine rings is 1. The van der Waals surface area contributed by atoms with Crippen LogP contribution in [0.2, 0.25) is 0 Å². The van der Waals surface area contributed by atoms with Crippen LogP contribution in [0.1, 0.15) is 52.9 Å². The Balaban J connectivity index is 1.25. The van der Waals surface area contributed by atoms with Crippen molar-refractivity contribution in [2.24, 2.45) is 5.92 Å². The number of rotatable bonds is 8. The number of para-hydroxylation sites is 1. The van der Waals surface area contributed by atoms with E-state index in [2.05, 4.69) is 10.2 Å². The molecule has 9 nitrogen and oxygen atoms in total. The van der Waals surface area contributed by atoms with Crippen molar-refractivity contribution < 1.29 is 19.1 Å². The number of benzene rings is 2. The van der Waals surface area contributed by atoms with Gasteiger partial charge < -0.3 is 15.3 Å². The monoisotopic (exact) mass is 583 g/mol. The Hall–Kier alpha value is -4.57. The number of pyridine rings is 1. The number of aryl methyl sites for hydroxylation is 1. The molecule has 0 unspecified atom stereocenters. The summed E-state index contributed by atoms with van der Waals surface area (Å²) in [6.07, 6.45) is 3.69. The molecule has 1 amide bonds. The van der Waals surface area contributed by atoms with Crippen molar-refractivity contribution in [3.05, 3.63) is 99.2 Å². The summed E-state index contributed by atoms with van der Waals surface area (Å²) in [6, 6.07) is 14.5. The number of aromatic nitrogens is 2. The smallest absolute Gasteiger partial charge is 0.337 e. The van der Waals surface area contributed by atoms with Crippen LogP contribution in [0, 0.1) is 18.7 Å². The lowest BCUT2D eigenvalue weighted by molar-refractivity contribution is -0.134. The fourth-order valence-electron chi connectivity index (χ4n) is 5.73. The molecular weight excluding hydrogens is 549 g/mol. The van der Waals surface area contributed by atoms with E-state index in [4.69, 9.17) is 4.98 Å². The molecule has 1 saturated heterocycles. The minimum absolute atomic E-state index is 0.140.